The van der Waals surface area contributed by atoms with E-state index in [9.17, 15) is 14.0 Å². The SMILES string of the molecule is C/C=C(\CC)CCNC=O.C=CC(=C)OC.CC1(c2ccccc2)CCN(C(=O)Cc2ccc(F)cc2)CC1. The minimum Gasteiger partial charge on any atom is -0.497 e. The molecule has 0 saturated carbocycles. The number of hydrogen-bond donors (Lipinski definition) is 1. The van der Waals surface area contributed by atoms with E-state index in [1.54, 1.807) is 25.3 Å². The number of nitrogens with zero attached hydrogens (tertiary/aromatic N) is 1. The molecule has 1 aliphatic heterocycles. The second-order valence-corrected chi connectivity index (χ2v) is 9.61. The number of piperidine rings is 1. The monoisotopic (exact) mass is 536 g/mol. The number of hydrogen-bond acceptors (Lipinski definition) is 3. The van der Waals surface area contributed by atoms with Gasteiger partial charge in [0.1, 0.15) is 11.6 Å². The minimum atomic E-state index is -0.266. The molecule has 0 aromatic heterocycles. The number of amides is 2. The number of rotatable bonds is 10. The van der Waals surface area contributed by atoms with Crippen LogP contribution in [0.5, 0.6) is 0 Å². The average molecular weight is 537 g/mol. The van der Waals surface area contributed by atoms with E-state index in [0.29, 0.717) is 12.2 Å². The smallest absolute Gasteiger partial charge is 0.226 e. The molecule has 2 aromatic carbocycles. The fraction of sp³-hybridized carbons (Fsp3) is 0.394. The Morgan fingerprint density at radius 3 is 2.21 bits per heavy atom. The van der Waals surface area contributed by atoms with E-state index in [4.69, 9.17) is 0 Å². The van der Waals surface area contributed by atoms with Crippen molar-refractivity contribution < 1.29 is 18.7 Å². The highest BCUT2D eigenvalue weighted by Gasteiger charge is 2.33. The molecule has 3 rings (SSSR count). The van der Waals surface area contributed by atoms with Gasteiger partial charge < -0.3 is 15.0 Å². The van der Waals surface area contributed by atoms with E-state index in [-0.39, 0.29) is 17.1 Å². The third kappa shape index (κ3) is 12.6. The molecule has 39 heavy (non-hydrogen) atoms. The van der Waals surface area contributed by atoms with Gasteiger partial charge in [0.05, 0.1) is 13.5 Å². The number of nitrogens with one attached hydrogen (secondary N) is 1. The molecule has 0 radical (unpaired) electrons. The predicted octanol–water partition coefficient (Wildman–Crippen LogP) is 6.76. The van der Waals surface area contributed by atoms with Gasteiger partial charge in [0, 0.05) is 19.6 Å². The van der Waals surface area contributed by atoms with Crippen LogP contribution in [-0.4, -0.2) is 44.0 Å². The van der Waals surface area contributed by atoms with Gasteiger partial charge in [-0.2, -0.15) is 0 Å². The summed E-state index contributed by atoms with van der Waals surface area (Å²) < 4.78 is 17.5. The van der Waals surface area contributed by atoms with E-state index in [1.165, 1.54) is 23.3 Å². The third-order valence-electron chi connectivity index (χ3n) is 6.99. The summed E-state index contributed by atoms with van der Waals surface area (Å²) in [6, 6.07) is 16.7. The number of methoxy groups -OCH3 is 1. The van der Waals surface area contributed by atoms with Gasteiger partial charge >= 0.3 is 0 Å². The quantitative estimate of drug-likeness (QED) is 0.120. The van der Waals surface area contributed by atoms with Crippen molar-refractivity contribution in [2.45, 2.75) is 58.3 Å². The first-order valence-corrected chi connectivity index (χ1v) is 13.5. The summed E-state index contributed by atoms with van der Waals surface area (Å²) >= 11 is 0. The summed E-state index contributed by atoms with van der Waals surface area (Å²) in [5, 5.41) is 2.63. The molecule has 1 fully saturated rings. The van der Waals surface area contributed by atoms with E-state index in [1.807, 2.05) is 17.9 Å². The van der Waals surface area contributed by atoms with Crippen molar-refractivity contribution in [3.05, 3.63) is 108 Å². The van der Waals surface area contributed by atoms with E-state index < -0.39 is 0 Å². The first-order valence-electron chi connectivity index (χ1n) is 13.5. The van der Waals surface area contributed by atoms with E-state index in [0.717, 1.165) is 57.3 Å². The van der Waals surface area contributed by atoms with Gasteiger partial charge in [-0.1, -0.05) is 81.1 Å². The first-order chi connectivity index (χ1) is 18.7. The zero-order chi connectivity index (χ0) is 29.1. The molecule has 0 unspecified atom stereocenters. The topological polar surface area (TPSA) is 58.6 Å². The lowest BCUT2D eigenvalue weighted by molar-refractivity contribution is -0.132. The molecule has 2 amide bonds. The summed E-state index contributed by atoms with van der Waals surface area (Å²) in [5.41, 5.74) is 3.77. The maximum Gasteiger partial charge on any atom is 0.226 e. The first kappa shape index (κ1) is 33.4. The standard InChI is InChI=1S/C20H22FNO.C8H15NO.C5H8O/c1-20(17-5-3-2-4-6-17)11-13-22(14-12-20)19(23)15-16-7-9-18(21)10-8-16;1-3-8(4-2)5-6-9-7-10;1-4-5(2)6-3/h2-10H,11-15H2,1H3;3,7H,4-6H2,1-2H3,(H,9,10);4H,1-2H2,3H3/b;8-3+;. The fourth-order valence-corrected chi connectivity index (χ4v) is 4.17. The predicted molar refractivity (Wildman–Crippen MR) is 159 cm³/mol. The van der Waals surface area contributed by atoms with Gasteiger partial charge in [-0.05, 0) is 67.4 Å². The second-order valence-electron chi connectivity index (χ2n) is 9.61. The van der Waals surface area contributed by atoms with Crippen LogP contribution in [0.15, 0.2) is 91.2 Å². The molecular formula is C33H45FN2O3. The van der Waals surface area contributed by atoms with Crippen LogP contribution < -0.4 is 5.32 Å². The number of likely N-dealkylation sites (tertiary alicyclic amines) is 1. The van der Waals surface area contributed by atoms with Crippen LogP contribution in [0.2, 0.25) is 0 Å². The van der Waals surface area contributed by atoms with Gasteiger partial charge in [0.2, 0.25) is 12.3 Å². The number of allylic oxidation sites excluding steroid dienone is 2. The second kappa shape index (κ2) is 18.6. The lowest BCUT2D eigenvalue weighted by atomic mass is 9.74. The normalized spacial score (nSPS) is 14.0. The Kier molecular flexibility index (Phi) is 15.9. The number of benzene rings is 2. The van der Waals surface area contributed by atoms with E-state index in [2.05, 4.69) is 67.4 Å². The van der Waals surface area contributed by atoms with Crippen molar-refractivity contribution in [1.29, 1.82) is 0 Å². The van der Waals surface area contributed by atoms with Crippen molar-refractivity contribution in [2.75, 3.05) is 26.7 Å². The van der Waals surface area contributed by atoms with E-state index >= 15 is 0 Å². The van der Waals surface area contributed by atoms with Crippen LogP contribution in [0.4, 0.5) is 4.39 Å². The van der Waals surface area contributed by atoms with Gasteiger partial charge in [0.15, 0.2) is 0 Å². The van der Waals surface area contributed by atoms with Gasteiger partial charge in [0.25, 0.3) is 0 Å². The minimum absolute atomic E-state index is 0.131. The number of halogens is 1. The molecule has 1 saturated heterocycles. The number of carbonyl (C=O) groups excluding carboxylic acids is 2. The Labute approximate surface area is 234 Å². The van der Waals surface area contributed by atoms with Crippen molar-refractivity contribution in [1.82, 2.24) is 10.2 Å². The van der Waals surface area contributed by atoms with Crippen molar-refractivity contribution >= 4 is 12.3 Å². The highest BCUT2D eigenvalue weighted by atomic mass is 19.1. The van der Waals surface area contributed by atoms with Crippen molar-refractivity contribution in [3.63, 3.8) is 0 Å². The Hall–Kier alpha value is -3.67. The van der Waals surface area contributed by atoms with Crippen molar-refractivity contribution in [3.8, 4) is 0 Å². The van der Waals surface area contributed by atoms with Gasteiger partial charge in [-0.15, -0.1) is 0 Å². The lowest BCUT2D eigenvalue weighted by Crippen LogP contribution is -2.44. The highest BCUT2D eigenvalue weighted by Crippen LogP contribution is 2.35. The molecular weight excluding hydrogens is 491 g/mol. The highest BCUT2D eigenvalue weighted by molar-refractivity contribution is 5.78. The fourth-order valence-electron chi connectivity index (χ4n) is 4.17. The maximum atomic E-state index is 12.9. The average Bonchev–Trinajstić information content (AvgIpc) is 2.97. The maximum absolute atomic E-state index is 12.9. The molecule has 1 heterocycles. The largest absolute Gasteiger partial charge is 0.497 e. The van der Waals surface area contributed by atoms with Crippen LogP contribution in [-0.2, 0) is 26.2 Å². The molecule has 1 N–H and O–H groups in total. The molecule has 0 bridgehead atoms. The zero-order valence-corrected chi connectivity index (χ0v) is 24.0. The van der Waals surface area contributed by atoms with Gasteiger partial charge in [-0.3, -0.25) is 9.59 Å². The summed E-state index contributed by atoms with van der Waals surface area (Å²) in [6.45, 7) is 15.6. The van der Waals surface area contributed by atoms with Crippen molar-refractivity contribution in [2.24, 2.45) is 0 Å². The molecule has 2 aromatic rings. The zero-order valence-electron chi connectivity index (χ0n) is 24.0. The Morgan fingerprint density at radius 2 is 1.74 bits per heavy atom. The lowest BCUT2D eigenvalue weighted by Gasteiger charge is -2.40. The Bertz CT molecular complexity index is 1040. The molecule has 0 aliphatic carbocycles. The van der Waals surface area contributed by atoms with Crippen LogP contribution in [0.3, 0.4) is 0 Å². The molecule has 212 valence electrons. The summed E-state index contributed by atoms with van der Waals surface area (Å²) in [7, 11) is 1.56. The summed E-state index contributed by atoms with van der Waals surface area (Å²) in [4.78, 5) is 24.2. The molecule has 0 spiro atoms. The molecule has 0 atom stereocenters. The summed E-state index contributed by atoms with van der Waals surface area (Å²) in [5.74, 6) is 0.472. The molecule has 5 nitrogen and oxygen atoms in total. The Balaban J connectivity index is 0.000000395. The molecule has 6 heteroatoms. The number of ether oxygens (including phenoxy) is 1. The van der Waals surface area contributed by atoms with Gasteiger partial charge in [-0.25, -0.2) is 4.39 Å². The number of carbonyl (C=O) groups is 2. The van der Waals surface area contributed by atoms with Crippen LogP contribution in [0.1, 0.15) is 57.6 Å². The third-order valence-corrected chi connectivity index (χ3v) is 6.99. The summed E-state index contributed by atoms with van der Waals surface area (Å²) in [6.07, 6.45) is 8.76. The Morgan fingerprint density at radius 1 is 1.13 bits per heavy atom. The van der Waals surface area contributed by atoms with Crippen LogP contribution in [0, 0.1) is 5.82 Å². The molecule has 1 aliphatic rings. The van der Waals surface area contributed by atoms with Crippen LogP contribution in [0.25, 0.3) is 0 Å². The van der Waals surface area contributed by atoms with Crippen LogP contribution >= 0.6 is 0 Å².